The first-order valence-electron chi connectivity index (χ1n) is 4.32. The first-order valence-corrected chi connectivity index (χ1v) is 5.11. The summed E-state index contributed by atoms with van der Waals surface area (Å²) >= 11 is 3.34. The minimum absolute atomic E-state index is 0.150. The molecule has 4 heteroatoms. The van der Waals surface area contributed by atoms with Gasteiger partial charge in [-0.1, -0.05) is 0 Å². The molecule has 0 aliphatic rings. The van der Waals surface area contributed by atoms with Crippen molar-refractivity contribution in [3.63, 3.8) is 0 Å². The largest absolute Gasteiger partial charge is 0.306 e. The van der Waals surface area contributed by atoms with E-state index >= 15 is 0 Å². The van der Waals surface area contributed by atoms with Gasteiger partial charge >= 0.3 is 0 Å². The minimum atomic E-state index is 0.150. The highest BCUT2D eigenvalue weighted by molar-refractivity contribution is 9.10. The van der Waals surface area contributed by atoms with Gasteiger partial charge in [0.25, 0.3) is 0 Å². The Labute approximate surface area is 87.6 Å². The zero-order valence-corrected chi connectivity index (χ0v) is 10.1. The molecule has 0 aliphatic heterocycles. The fourth-order valence-electron chi connectivity index (χ4n) is 0.988. The van der Waals surface area contributed by atoms with Crippen molar-refractivity contribution in [2.24, 2.45) is 7.05 Å². The molecule has 0 bridgehead atoms. The van der Waals surface area contributed by atoms with Crippen molar-refractivity contribution >= 4 is 15.9 Å². The highest BCUT2D eigenvalue weighted by atomic mass is 79.9. The number of aromatic nitrogens is 2. The molecule has 1 aromatic rings. The lowest BCUT2D eigenvalue weighted by Gasteiger charge is -2.20. The summed E-state index contributed by atoms with van der Waals surface area (Å²) in [4.78, 5) is 0. The Morgan fingerprint density at radius 2 is 2.15 bits per heavy atom. The average Bonchev–Trinajstić information content (AvgIpc) is 2.24. The van der Waals surface area contributed by atoms with Gasteiger partial charge in [0.15, 0.2) is 0 Å². The summed E-state index contributed by atoms with van der Waals surface area (Å²) in [7, 11) is 1.95. The second-order valence-electron chi connectivity index (χ2n) is 4.19. The molecular formula is C9H16BrN3. The topological polar surface area (TPSA) is 29.9 Å². The van der Waals surface area contributed by atoms with Crippen LogP contribution < -0.4 is 5.32 Å². The van der Waals surface area contributed by atoms with Gasteiger partial charge in [0.1, 0.15) is 4.60 Å². The van der Waals surface area contributed by atoms with Gasteiger partial charge in [0, 0.05) is 19.1 Å². The van der Waals surface area contributed by atoms with Gasteiger partial charge < -0.3 is 5.32 Å². The number of nitrogens with zero attached hydrogens (tertiary/aromatic N) is 2. The number of hydrogen-bond donors (Lipinski definition) is 1. The maximum atomic E-state index is 4.21. The Balaban J connectivity index is 2.59. The number of halogens is 1. The fraction of sp³-hybridized carbons (Fsp3) is 0.667. The van der Waals surface area contributed by atoms with Crippen LogP contribution in [-0.2, 0) is 13.6 Å². The fourth-order valence-corrected chi connectivity index (χ4v) is 1.49. The van der Waals surface area contributed by atoms with Gasteiger partial charge in [-0.2, -0.15) is 5.10 Å². The third kappa shape index (κ3) is 3.48. The van der Waals surface area contributed by atoms with Crippen LogP contribution in [0.25, 0.3) is 0 Å². The second kappa shape index (κ2) is 3.80. The van der Waals surface area contributed by atoms with E-state index in [-0.39, 0.29) is 5.54 Å². The number of hydrogen-bond acceptors (Lipinski definition) is 2. The van der Waals surface area contributed by atoms with Gasteiger partial charge in [-0.15, -0.1) is 0 Å². The zero-order chi connectivity index (χ0) is 10.1. The summed E-state index contributed by atoms with van der Waals surface area (Å²) in [6, 6.07) is 2.03. The van der Waals surface area contributed by atoms with Crippen LogP contribution in [0.3, 0.4) is 0 Å². The minimum Gasteiger partial charge on any atom is -0.306 e. The van der Waals surface area contributed by atoms with E-state index in [4.69, 9.17) is 0 Å². The van der Waals surface area contributed by atoms with Crippen molar-refractivity contribution < 1.29 is 0 Å². The Morgan fingerprint density at radius 3 is 2.54 bits per heavy atom. The molecule has 13 heavy (non-hydrogen) atoms. The summed E-state index contributed by atoms with van der Waals surface area (Å²) in [5.74, 6) is 0. The molecule has 0 radical (unpaired) electrons. The van der Waals surface area contributed by atoms with E-state index in [1.807, 2.05) is 17.8 Å². The number of aryl methyl sites for hydroxylation is 1. The molecule has 3 nitrogen and oxygen atoms in total. The van der Waals surface area contributed by atoms with E-state index in [9.17, 15) is 0 Å². The van der Waals surface area contributed by atoms with E-state index < -0.39 is 0 Å². The van der Waals surface area contributed by atoms with Gasteiger partial charge in [-0.05, 0) is 42.8 Å². The van der Waals surface area contributed by atoms with Crippen molar-refractivity contribution in [3.8, 4) is 0 Å². The molecule has 0 aromatic carbocycles. The highest BCUT2D eigenvalue weighted by Crippen LogP contribution is 2.10. The molecule has 1 aromatic heterocycles. The number of rotatable bonds is 2. The predicted molar refractivity (Wildman–Crippen MR) is 57.5 cm³/mol. The maximum Gasteiger partial charge on any atom is 0.128 e. The van der Waals surface area contributed by atoms with Crippen LogP contribution in [-0.4, -0.2) is 15.3 Å². The lowest BCUT2D eigenvalue weighted by molar-refractivity contribution is 0.416. The van der Waals surface area contributed by atoms with Crippen molar-refractivity contribution in [2.45, 2.75) is 32.9 Å². The Morgan fingerprint density at radius 1 is 1.54 bits per heavy atom. The summed E-state index contributed by atoms with van der Waals surface area (Å²) in [5, 5.41) is 7.62. The first-order chi connectivity index (χ1) is 5.88. The Hall–Kier alpha value is -0.350. The molecule has 1 heterocycles. The van der Waals surface area contributed by atoms with Crippen LogP contribution >= 0.6 is 15.9 Å². The average molecular weight is 246 g/mol. The van der Waals surface area contributed by atoms with Crippen molar-refractivity contribution in [1.82, 2.24) is 15.1 Å². The molecule has 0 aliphatic carbocycles. The molecule has 0 atom stereocenters. The monoisotopic (exact) mass is 245 g/mol. The van der Waals surface area contributed by atoms with Crippen LogP contribution in [0.1, 0.15) is 26.5 Å². The molecule has 1 N–H and O–H groups in total. The van der Waals surface area contributed by atoms with Crippen LogP contribution in [0.5, 0.6) is 0 Å². The van der Waals surface area contributed by atoms with E-state index in [2.05, 4.69) is 47.1 Å². The molecular weight excluding hydrogens is 230 g/mol. The van der Waals surface area contributed by atoms with Crippen LogP contribution in [0.4, 0.5) is 0 Å². The molecule has 0 fully saturated rings. The molecule has 0 saturated carbocycles. The Bertz CT molecular complexity index is 286. The molecule has 1 rings (SSSR count). The SMILES string of the molecule is Cn1nc(Br)cc1CNC(C)(C)C. The van der Waals surface area contributed by atoms with Crippen LogP contribution in [0.2, 0.25) is 0 Å². The predicted octanol–water partition coefficient (Wildman–Crippen LogP) is 2.07. The smallest absolute Gasteiger partial charge is 0.128 e. The van der Waals surface area contributed by atoms with Gasteiger partial charge in [0.2, 0.25) is 0 Å². The van der Waals surface area contributed by atoms with Gasteiger partial charge in [0.05, 0.1) is 5.69 Å². The van der Waals surface area contributed by atoms with Crippen molar-refractivity contribution in [3.05, 3.63) is 16.4 Å². The van der Waals surface area contributed by atoms with E-state index in [0.29, 0.717) is 0 Å². The highest BCUT2D eigenvalue weighted by Gasteiger charge is 2.10. The molecule has 0 saturated heterocycles. The molecule has 74 valence electrons. The van der Waals surface area contributed by atoms with Crippen LogP contribution in [0, 0.1) is 0 Å². The van der Waals surface area contributed by atoms with Crippen molar-refractivity contribution in [2.75, 3.05) is 0 Å². The molecule has 0 spiro atoms. The normalized spacial score (nSPS) is 12.1. The number of nitrogens with one attached hydrogen (secondary N) is 1. The van der Waals surface area contributed by atoms with Gasteiger partial charge in [-0.3, -0.25) is 4.68 Å². The maximum absolute atomic E-state index is 4.21. The summed E-state index contributed by atoms with van der Waals surface area (Å²) in [6.07, 6.45) is 0. The third-order valence-electron chi connectivity index (χ3n) is 1.75. The first kappa shape index (κ1) is 10.7. The summed E-state index contributed by atoms with van der Waals surface area (Å²) in [5.41, 5.74) is 1.33. The van der Waals surface area contributed by atoms with Crippen molar-refractivity contribution in [1.29, 1.82) is 0 Å². The quantitative estimate of drug-likeness (QED) is 0.865. The third-order valence-corrected chi connectivity index (χ3v) is 2.13. The van der Waals surface area contributed by atoms with Crippen LogP contribution in [0.15, 0.2) is 10.7 Å². The summed E-state index contributed by atoms with van der Waals surface area (Å²) in [6.45, 7) is 7.30. The molecule has 0 amide bonds. The lowest BCUT2D eigenvalue weighted by atomic mass is 10.1. The van der Waals surface area contributed by atoms with E-state index in [0.717, 1.165) is 11.1 Å². The zero-order valence-electron chi connectivity index (χ0n) is 8.56. The standard InChI is InChI=1S/C9H16BrN3/c1-9(2,3)11-6-7-5-8(10)12-13(7)4/h5,11H,6H2,1-4H3. The Kier molecular flexibility index (Phi) is 3.14. The molecule has 0 unspecified atom stereocenters. The summed E-state index contributed by atoms with van der Waals surface area (Å²) < 4.78 is 2.77. The van der Waals surface area contributed by atoms with E-state index in [1.54, 1.807) is 0 Å². The van der Waals surface area contributed by atoms with Gasteiger partial charge in [-0.25, -0.2) is 0 Å². The second-order valence-corrected chi connectivity index (χ2v) is 5.00. The lowest BCUT2D eigenvalue weighted by Crippen LogP contribution is -2.35. The van der Waals surface area contributed by atoms with E-state index in [1.165, 1.54) is 5.69 Å².